The van der Waals surface area contributed by atoms with Crippen LogP contribution in [0.3, 0.4) is 0 Å². The monoisotopic (exact) mass is 402 g/mol. The van der Waals surface area contributed by atoms with E-state index in [1.807, 2.05) is 6.08 Å². The van der Waals surface area contributed by atoms with Crippen molar-refractivity contribution in [1.82, 2.24) is 0 Å². The highest BCUT2D eigenvalue weighted by Crippen LogP contribution is 2.68. The van der Waals surface area contributed by atoms with Crippen molar-refractivity contribution >= 4 is 17.7 Å². The van der Waals surface area contributed by atoms with Crippen molar-refractivity contribution in [3.8, 4) is 0 Å². The van der Waals surface area contributed by atoms with Crippen LogP contribution in [0.5, 0.6) is 0 Å². The summed E-state index contributed by atoms with van der Waals surface area (Å²) in [6.07, 6.45) is 9.56. The van der Waals surface area contributed by atoms with Gasteiger partial charge in [0, 0.05) is 11.8 Å². The zero-order valence-corrected chi connectivity index (χ0v) is 18.0. The highest BCUT2D eigenvalue weighted by atomic mass is 16.6. The normalized spacial score (nSPS) is 43.6. The molecule has 160 valence electrons. The fourth-order valence-corrected chi connectivity index (χ4v) is 7.46. The van der Waals surface area contributed by atoms with Gasteiger partial charge < -0.3 is 9.84 Å². The van der Waals surface area contributed by atoms with Gasteiger partial charge in [-0.15, -0.1) is 0 Å². The molecule has 3 fully saturated rings. The first-order valence-electron chi connectivity index (χ1n) is 11.3. The van der Waals surface area contributed by atoms with Crippen molar-refractivity contribution in [3.63, 3.8) is 0 Å². The van der Waals surface area contributed by atoms with E-state index in [0.717, 1.165) is 44.9 Å². The number of allylic oxidation sites excluding steroid dienone is 1. The van der Waals surface area contributed by atoms with Crippen LogP contribution in [0, 0.1) is 28.6 Å². The molecule has 5 nitrogen and oxygen atoms in total. The predicted molar refractivity (Wildman–Crippen MR) is 108 cm³/mol. The molecule has 0 aromatic rings. The number of aliphatic carboxylic acids is 1. The minimum Gasteiger partial charge on any atom is -0.481 e. The summed E-state index contributed by atoms with van der Waals surface area (Å²) >= 11 is 0. The van der Waals surface area contributed by atoms with Gasteiger partial charge in [0.25, 0.3) is 0 Å². The SMILES string of the molecule is C[C@]12CCC(=O)C=C1CC[C@@H]1[C@@H]2CC[C@@]2(C)[C@H]1CC[C@]2(C)OC(=O)CCC(=O)O. The van der Waals surface area contributed by atoms with Gasteiger partial charge in [-0.1, -0.05) is 19.4 Å². The average Bonchev–Trinajstić information content (AvgIpc) is 2.91. The molecule has 0 saturated heterocycles. The van der Waals surface area contributed by atoms with E-state index in [4.69, 9.17) is 9.84 Å². The molecule has 6 atom stereocenters. The molecule has 5 heteroatoms. The number of hydrogen-bond donors (Lipinski definition) is 1. The van der Waals surface area contributed by atoms with Crippen LogP contribution in [0.1, 0.15) is 85.0 Å². The number of rotatable bonds is 4. The standard InChI is InChI=1S/C24H34O5/c1-22-11-8-16(25)14-15(22)4-5-17-18(22)9-12-23(2)19(17)10-13-24(23,3)29-21(28)7-6-20(26)27/h14,17-19H,4-13H2,1-3H3,(H,26,27)/t17-,18+,19+,22+,23+,24+/m1/s1. The third-order valence-electron chi connectivity index (χ3n) is 9.37. The number of ketones is 1. The first-order chi connectivity index (χ1) is 13.6. The molecule has 4 aliphatic rings. The molecule has 0 aliphatic heterocycles. The maximum atomic E-state index is 12.4. The summed E-state index contributed by atoms with van der Waals surface area (Å²) in [5.41, 5.74) is 0.946. The molecule has 29 heavy (non-hydrogen) atoms. The number of carbonyl (C=O) groups is 3. The van der Waals surface area contributed by atoms with Gasteiger partial charge in [0.2, 0.25) is 0 Å². The van der Waals surface area contributed by atoms with E-state index in [1.54, 1.807) is 0 Å². The van der Waals surface area contributed by atoms with Crippen molar-refractivity contribution in [1.29, 1.82) is 0 Å². The Morgan fingerprint density at radius 1 is 1.03 bits per heavy atom. The molecule has 0 radical (unpaired) electrons. The van der Waals surface area contributed by atoms with Crippen molar-refractivity contribution in [2.75, 3.05) is 0 Å². The van der Waals surface area contributed by atoms with E-state index >= 15 is 0 Å². The molecule has 0 aromatic heterocycles. The molecule has 1 N–H and O–H groups in total. The summed E-state index contributed by atoms with van der Waals surface area (Å²) in [6, 6.07) is 0. The van der Waals surface area contributed by atoms with Gasteiger partial charge >= 0.3 is 11.9 Å². The molecule has 0 spiro atoms. The Morgan fingerprint density at radius 2 is 1.76 bits per heavy atom. The highest BCUT2D eigenvalue weighted by Gasteiger charge is 2.64. The highest BCUT2D eigenvalue weighted by molar-refractivity contribution is 5.91. The first kappa shape index (κ1) is 20.6. The van der Waals surface area contributed by atoms with Gasteiger partial charge in [0.1, 0.15) is 5.60 Å². The van der Waals surface area contributed by atoms with Crippen molar-refractivity contribution in [2.24, 2.45) is 28.6 Å². The van der Waals surface area contributed by atoms with Crippen molar-refractivity contribution in [2.45, 2.75) is 90.6 Å². The number of fused-ring (bicyclic) bond motifs is 5. The maximum Gasteiger partial charge on any atom is 0.306 e. The topological polar surface area (TPSA) is 80.7 Å². The van der Waals surface area contributed by atoms with Crippen LogP contribution in [0.4, 0.5) is 0 Å². The second-order valence-electron chi connectivity index (χ2n) is 10.6. The van der Waals surface area contributed by atoms with E-state index in [-0.39, 0.29) is 29.6 Å². The van der Waals surface area contributed by atoms with Crippen LogP contribution in [-0.2, 0) is 19.1 Å². The fourth-order valence-electron chi connectivity index (χ4n) is 7.46. The summed E-state index contributed by atoms with van der Waals surface area (Å²) in [7, 11) is 0. The Bertz CT molecular complexity index is 769. The van der Waals surface area contributed by atoms with Gasteiger partial charge in [-0.2, -0.15) is 0 Å². The maximum absolute atomic E-state index is 12.4. The molecule has 0 unspecified atom stereocenters. The molecule has 0 amide bonds. The molecule has 0 bridgehead atoms. The number of carboxylic acid groups (broad SMARTS) is 1. The summed E-state index contributed by atoms with van der Waals surface area (Å²) in [6.45, 7) is 6.75. The molecular formula is C24H34O5. The third kappa shape index (κ3) is 3.16. The lowest BCUT2D eigenvalue weighted by atomic mass is 9.46. The van der Waals surface area contributed by atoms with Gasteiger partial charge in [-0.05, 0) is 81.1 Å². The second kappa shape index (κ2) is 6.95. The Labute approximate surface area is 173 Å². The predicted octanol–water partition coefficient (Wildman–Crippen LogP) is 4.69. The molecule has 0 aromatic carbocycles. The lowest BCUT2D eigenvalue weighted by Crippen LogP contribution is -2.55. The van der Waals surface area contributed by atoms with Crippen LogP contribution in [0.2, 0.25) is 0 Å². The number of carbonyl (C=O) groups excluding carboxylic acids is 2. The van der Waals surface area contributed by atoms with Gasteiger partial charge in [0.05, 0.1) is 12.8 Å². The molecule has 0 heterocycles. The molecule has 4 rings (SSSR count). The van der Waals surface area contributed by atoms with Crippen molar-refractivity contribution < 1.29 is 24.2 Å². The minimum atomic E-state index is -0.964. The smallest absolute Gasteiger partial charge is 0.306 e. The van der Waals surface area contributed by atoms with Crippen LogP contribution in [0.15, 0.2) is 11.6 Å². The van der Waals surface area contributed by atoms with Crippen molar-refractivity contribution in [3.05, 3.63) is 11.6 Å². The molecular weight excluding hydrogens is 368 g/mol. The number of carboxylic acids is 1. The van der Waals surface area contributed by atoms with E-state index in [9.17, 15) is 14.4 Å². The average molecular weight is 403 g/mol. The van der Waals surface area contributed by atoms with E-state index in [0.29, 0.717) is 30.0 Å². The number of esters is 1. The summed E-state index contributed by atoms with van der Waals surface area (Å²) in [4.78, 5) is 35.1. The zero-order valence-electron chi connectivity index (χ0n) is 18.0. The lowest BCUT2D eigenvalue weighted by molar-refractivity contribution is -0.181. The Kier molecular flexibility index (Phi) is 4.94. The quantitative estimate of drug-likeness (QED) is 0.690. The minimum absolute atomic E-state index is 0.0576. The van der Waals surface area contributed by atoms with Crippen LogP contribution < -0.4 is 0 Å². The van der Waals surface area contributed by atoms with Gasteiger partial charge in [0.15, 0.2) is 5.78 Å². The van der Waals surface area contributed by atoms with E-state index in [2.05, 4.69) is 20.8 Å². The van der Waals surface area contributed by atoms with E-state index < -0.39 is 11.6 Å². The van der Waals surface area contributed by atoms with Crippen LogP contribution >= 0.6 is 0 Å². The fraction of sp³-hybridized carbons (Fsp3) is 0.792. The second-order valence-corrected chi connectivity index (χ2v) is 10.6. The van der Waals surface area contributed by atoms with E-state index in [1.165, 1.54) is 5.57 Å². The van der Waals surface area contributed by atoms with Gasteiger partial charge in [-0.25, -0.2) is 0 Å². The zero-order chi connectivity index (χ0) is 21.0. The largest absolute Gasteiger partial charge is 0.481 e. The Balaban J connectivity index is 1.54. The Hall–Kier alpha value is -1.65. The number of ether oxygens (including phenoxy) is 1. The molecule has 3 saturated carbocycles. The first-order valence-corrected chi connectivity index (χ1v) is 11.3. The Morgan fingerprint density at radius 3 is 2.48 bits per heavy atom. The van der Waals surface area contributed by atoms with Crippen LogP contribution in [-0.4, -0.2) is 28.4 Å². The summed E-state index contributed by atoms with van der Waals surface area (Å²) < 4.78 is 5.99. The van der Waals surface area contributed by atoms with Crippen LogP contribution in [0.25, 0.3) is 0 Å². The van der Waals surface area contributed by atoms with Gasteiger partial charge in [-0.3, -0.25) is 14.4 Å². The third-order valence-corrected chi connectivity index (χ3v) is 9.37. The summed E-state index contributed by atoms with van der Waals surface area (Å²) in [5.74, 6) is 0.689. The molecule has 4 aliphatic carbocycles. The summed E-state index contributed by atoms with van der Waals surface area (Å²) in [5, 5.41) is 8.86. The lowest BCUT2D eigenvalue weighted by Gasteiger charge is -2.59. The number of hydrogen-bond acceptors (Lipinski definition) is 4.